The number of ether oxygens (including phenoxy) is 4. The van der Waals surface area contributed by atoms with E-state index in [0.29, 0.717) is 58.4 Å². The Morgan fingerprint density at radius 3 is 2.62 bits per heavy atom. The van der Waals surface area contributed by atoms with Gasteiger partial charge < -0.3 is 23.8 Å². The number of morpholine rings is 1. The van der Waals surface area contributed by atoms with E-state index in [4.69, 9.17) is 18.9 Å². The van der Waals surface area contributed by atoms with E-state index in [9.17, 15) is 14.4 Å². The lowest BCUT2D eigenvalue weighted by Crippen LogP contribution is -2.47. The van der Waals surface area contributed by atoms with Gasteiger partial charge in [-0.2, -0.15) is 0 Å². The van der Waals surface area contributed by atoms with Crippen LogP contribution in [0.4, 0.5) is 0 Å². The summed E-state index contributed by atoms with van der Waals surface area (Å²) in [7, 11) is 4.66. The monoisotopic (exact) mass is 527 g/mol. The summed E-state index contributed by atoms with van der Waals surface area (Å²) in [5.74, 6) is 0.660. The van der Waals surface area contributed by atoms with Gasteiger partial charge in [0.05, 0.1) is 43.8 Å². The molecule has 37 heavy (non-hydrogen) atoms. The van der Waals surface area contributed by atoms with Crippen LogP contribution < -0.4 is 19.8 Å². The minimum Gasteiger partial charge on any atom is -0.493 e. The van der Waals surface area contributed by atoms with E-state index < -0.39 is 6.10 Å². The third kappa shape index (κ3) is 5.28. The van der Waals surface area contributed by atoms with Crippen LogP contribution in [-0.4, -0.2) is 79.0 Å². The molecule has 1 aromatic heterocycles. The van der Waals surface area contributed by atoms with E-state index >= 15 is 0 Å². The van der Waals surface area contributed by atoms with Crippen molar-refractivity contribution in [3.8, 4) is 17.2 Å². The molecule has 10 nitrogen and oxygen atoms in total. The lowest BCUT2D eigenvalue weighted by molar-refractivity contribution is -0.0404. The molecule has 0 saturated carbocycles. The first-order valence-corrected chi connectivity index (χ1v) is 12.9. The number of hydrogen-bond donors (Lipinski definition) is 0. The summed E-state index contributed by atoms with van der Waals surface area (Å²) in [5, 5.41) is 1.03. The molecule has 0 spiro atoms. The molecule has 0 aliphatic carbocycles. The molecule has 1 fully saturated rings. The number of aromatic nitrogens is 2. The van der Waals surface area contributed by atoms with Gasteiger partial charge in [-0.1, -0.05) is 11.8 Å². The summed E-state index contributed by atoms with van der Waals surface area (Å²) < 4.78 is 24.1. The summed E-state index contributed by atoms with van der Waals surface area (Å²) >= 11 is 1.37. The zero-order valence-corrected chi connectivity index (χ0v) is 22.2. The van der Waals surface area contributed by atoms with Crippen molar-refractivity contribution >= 4 is 34.4 Å². The Morgan fingerprint density at radius 2 is 1.95 bits per heavy atom. The van der Waals surface area contributed by atoms with E-state index in [1.165, 1.54) is 37.5 Å². The zero-order valence-electron chi connectivity index (χ0n) is 21.4. The lowest BCUT2D eigenvalue weighted by atomic mass is 10.1. The van der Waals surface area contributed by atoms with Crippen LogP contribution in [0, 0.1) is 0 Å². The van der Waals surface area contributed by atoms with Gasteiger partial charge in [-0.25, -0.2) is 4.98 Å². The number of carbonyl (C=O) groups is 2. The molecule has 196 valence electrons. The van der Waals surface area contributed by atoms with Crippen molar-refractivity contribution in [2.75, 3.05) is 46.8 Å². The van der Waals surface area contributed by atoms with Gasteiger partial charge in [0.1, 0.15) is 12.7 Å². The maximum atomic E-state index is 13.3. The summed E-state index contributed by atoms with van der Waals surface area (Å²) in [5.41, 5.74) is 1.12. The predicted molar refractivity (Wildman–Crippen MR) is 139 cm³/mol. The Hall–Kier alpha value is -3.57. The quantitative estimate of drug-likeness (QED) is 0.248. The average Bonchev–Trinajstić information content (AvgIpc) is 2.92. The number of hydrogen-bond acceptors (Lipinski definition) is 9. The second-order valence-electron chi connectivity index (χ2n) is 8.48. The van der Waals surface area contributed by atoms with Gasteiger partial charge in [-0.05, 0) is 43.5 Å². The minimum atomic E-state index is -0.428. The third-order valence-electron chi connectivity index (χ3n) is 6.18. The van der Waals surface area contributed by atoms with Gasteiger partial charge in [0.25, 0.3) is 11.5 Å². The van der Waals surface area contributed by atoms with Crippen LogP contribution in [0.15, 0.2) is 40.3 Å². The van der Waals surface area contributed by atoms with Gasteiger partial charge in [0, 0.05) is 19.2 Å². The lowest BCUT2D eigenvalue weighted by Gasteiger charge is -2.33. The fraction of sp³-hybridized carbons (Fsp3) is 0.385. The molecule has 1 aliphatic rings. The topological polar surface area (TPSA) is 109 Å². The number of carbonyl (C=O) groups excluding carboxylic acids is 2. The molecule has 1 amide bonds. The molecule has 1 saturated heterocycles. The zero-order chi connectivity index (χ0) is 26.7. The second-order valence-corrected chi connectivity index (χ2v) is 9.26. The molecule has 0 N–H and O–H groups in total. The van der Waals surface area contributed by atoms with E-state index in [-0.39, 0.29) is 29.6 Å². The van der Waals surface area contributed by atoms with Crippen molar-refractivity contribution in [2.24, 2.45) is 7.05 Å². The van der Waals surface area contributed by atoms with Crippen molar-refractivity contribution < 1.29 is 28.5 Å². The number of rotatable bonds is 8. The Morgan fingerprint density at radius 1 is 1.16 bits per heavy atom. The van der Waals surface area contributed by atoms with E-state index in [1.807, 2.05) is 6.26 Å². The fourth-order valence-corrected chi connectivity index (χ4v) is 4.80. The van der Waals surface area contributed by atoms with Crippen LogP contribution >= 0.6 is 11.8 Å². The number of methoxy groups -OCH3 is 2. The third-order valence-corrected chi connectivity index (χ3v) is 6.91. The van der Waals surface area contributed by atoms with Crippen molar-refractivity contribution in [2.45, 2.75) is 18.2 Å². The van der Waals surface area contributed by atoms with E-state index in [0.717, 1.165) is 0 Å². The largest absolute Gasteiger partial charge is 0.493 e. The van der Waals surface area contributed by atoms with Crippen LogP contribution in [0.1, 0.15) is 27.6 Å². The number of Topliss-reactive ketones (excluding diaryl/α,β-unsaturated/α-hetero) is 1. The normalized spacial score (nSPS) is 15.5. The molecule has 11 heteroatoms. The highest BCUT2D eigenvalue weighted by Gasteiger charge is 2.28. The van der Waals surface area contributed by atoms with Crippen molar-refractivity contribution in [3.05, 3.63) is 51.8 Å². The molecule has 0 bridgehead atoms. The molecule has 1 aliphatic heterocycles. The van der Waals surface area contributed by atoms with Crippen LogP contribution in [0.2, 0.25) is 0 Å². The van der Waals surface area contributed by atoms with Gasteiger partial charge >= 0.3 is 0 Å². The summed E-state index contributed by atoms with van der Waals surface area (Å²) in [6, 6.07) is 8.21. The number of amides is 1. The summed E-state index contributed by atoms with van der Waals surface area (Å²) in [6.07, 6.45) is 1.42. The fourth-order valence-electron chi connectivity index (χ4n) is 4.25. The number of fused-ring (bicyclic) bond motifs is 1. The molecule has 3 aromatic rings. The number of benzene rings is 2. The highest BCUT2D eigenvalue weighted by atomic mass is 32.2. The van der Waals surface area contributed by atoms with Crippen molar-refractivity contribution in [1.82, 2.24) is 14.5 Å². The Labute approximate surface area is 218 Å². The van der Waals surface area contributed by atoms with E-state index in [2.05, 4.69) is 4.98 Å². The van der Waals surface area contributed by atoms with Gasteiger partial charge in [0.2, 0.25) is 5.75 Å². The average molecular weight is 528 g/mol. The number of thioether (sulfide) groups is 1. The standard InChI is InChI=1S/C26H29N3O7S/c1-15(30)18-8-9-21(33-3)23(34-4)22(18)36-14-17-13-29(10-11-35-17)24(31)16-6-7-19-20(12-16)27-26(37-5)28(2)25(19)32/h6-9,12,17H,10-11,13-14H2,1-5H3. The maximum absolute atomic E-state index is 13.3. The van der Waals surface area contributed by atoms with Gasteiger partial charge in [0.15, 0.2) is 22.4 Å². The number of nitrogens with zero attached hydrogens (tertiary/aromatic N) is 3. The maximum Gasteiger partial charge on any atom is 0.261 e. The molecular formula is C26H29N3O7S. The van der Waals surface area contributed by atoms with E-state index in [1.54, 1.807) is 42.3 Å². The molecule has 2 aromatic carbocycles. The Bertz CT molecular complexity index is 1410. The second kappa shape index (κ2) is 11.2. The van der Waals surface area contributed by atoms with Gasteiger partial charge in [-0.15, -0.1) is 0 Å². The molecular weight excluding hydrogens is 498 g/mol. The minimum absolute atomic E-state index is 0.0972. The van der Waals surface area contributed by atoms with Crippen molar-refractivity contribution in [1.29, 1.82) is 0 Å². The molecule has 4 rings (SSSR count). The molecule has 1 atom stereocenters. The smallest absolute Gasteiger partial charge is 0.261 e. The molecule has 0 radical (unpaired) electrons. The number of ketones is 1. The van der Waals surface area contributed by atoms with Crippen LogP contribution in [0.3, 0.4) is 0 Å². The predicted octanol–water partition coefficient (Wildman–Crippen LogP) is 2.80. The van der Waals surface area contributed by atoms with Crippen LogP contribution in [-0.2, 0) is 11.8 Å². The van der Waals surface area contributed by atoms with Crippen LogP contribution in [0.25, 0.3) is 10.9 Å². The molecule has 1 unspecified atom stereocenters. The SMILES string of the molecule is COc1ccc(C(C)=O)c(OCC2CN(C(=O)c3ccc4c(=O)n(C)c(SC)nc4c3)CCO2)c1OC. The van der Waals surface area contributed by atoms with Crippen molar-refractivity contribution in [3.63, 3.8) is 0 Å². The van der Waals surface area contributed by atoms with Crippen LogP contribution in [0.5, 0.6) is 17.2 Å². The summed E-state index contributed by atoms with van der Waals surface area (Å²) in [4.78, 5) is 44.3. The Kier molecular flexibility index (Phi) is 8.03. The highest BCUT2D eigenvalue weighted by molar-refractivity contribution is 7.98. The summed E-state index contributed by atoms with van der Waals surface area (Å²) in [6.45, 7) is 2.58. The van der Waals surface area contributed by atoms with Gasteiger partial charge in [-0.3, -0.25) is 19.0 Å². The highest BCUT2D eigenvalue weighted by Crippen LogP contribution is 2.40. The molecule has 2 heterocycles. The first kappa shape index (κ1) is 26.5. The first-order chi connectivity index (χ1) is 17.8. The Balaban J connectivity index is 1.52. The first-order valence-electron chi connectivity index (χ1n) is 11.6.